The third-order valence-electron chi connectivity index (χ3n) is 2.80. The lowest BCUT2D eigenvalue weighted by molar-refractivity contribution is -0.142. The summed E-state index contributed by atoms with van der Waals surface area (Å²) >= 11 is 11.9. The van der Waals surface area contributed by atoms with E-state index in [1.807, 2.05) is 0 Å². The molecule has 0 saturated carbocycles. The smallest absolute Gasteiger partial charge is 0.331 e. The Labute approximate surface area is 143 Å². The van der Waals surface area contributed by atoms with E-state index in [0.29, 0.717) is 21.3 Å². The number of rotatable bonds is 5. The Morgan fingerprint density at radius 1 is 1.00 bits per heavy atom. The van der Waals surface area contributed by atoms with E-state index < -0.39 is 18.5 Å². The molecule has 2 aromatic rings. The van der Waals surface area contributed by atoms with Gasteiger partial charge in [-0.25, -0.2) is 4.79 Å². The number of esters is 1. The number of anilines is 1. The van der Waals surface area contributed by atoms with E-state index in [0.717, 1.165) is 0 Å². The van der Waals surface area contributed by atoms with Crippen LogP contribution < -0.4 is 5.32 Å². The quantitative estimate of drug-likeness (QED) is 0.650. The number of nitrogens with one attached hydrogen (secondary N) is 1. The SMILES string of the molecule is O=C(COC(=O)/C=C/c1ccccc1Cl)Nc1ccccc1Cl. The van der Waals surface area contributed by atoms with Crippen molar-refractivity contribution in [1.82, 2.24) is 0 Å². The van der Waals surface area contributed by atoms with Crippen LogP contribution >= 0.6 is 23.2 Å². The Morgan fingerprint density at radius 3 is 2.35 bits per heavy atom. The Bertz CT molecular complexity index is 744. The summed E-state index contributed by atoms with van der Waals surface area (Å²) in [4.78, 5) is 23.3. The molecule has 0 spiro atoms. The molecular formula is C17H13Cl2NO3. The maximum atomic E-state index is 11.7. The molecule has 0 atom stereocenters. The van der Waals surface area contributed by atoms with Crippen LogP contribution in [0.1, 0.15) is 5.56 Å². The summed E-state index contributed by atoms with van der Waals surface area (Å²) in [7, 11) is 0. The molecule has 23 heavy (non-hydrogen) atoms. The highest BCUT2D eigenvalue weighted by atomic mass is 35.5. The summed E-state index contributed by atoms with van der Waals surface area (Å²) < 4.78 is 4.85. The minimum absolute atomic E-state index is 0.406. The van der Waals surface area contributed by atoms with Gasteiger partial charge in [0, 0.05) is 11.1 Å². The van der Waals surface area contributed by atoms with Gasteiger partial charge in [-0.15, -0.1) is 0 Å². The van der Waals surface area contributed by atoms with Crippen LogP contribution in [0.15, 0.2) is 54.6 Å². The summed E-state index contributed by atoms with van der Waals surface area (Å²) in [5.74, 6) is -1.11. The molecule has 0 unspecified atom stereocenters. The lowest BCUT2D eigenvalue weighted by Gasteiger charge is -2.06. The predicted octanol–water partition coefficient (Wildman–Crippen LogP) is 4.19. The number of ether oxygens (including phenoxy) is 1. The number of hydrogen-bond acceptors (Lipinski definition) is 3. The molecule has 0 saturated heterocycles. The molecule has 0 radical (unpaired) electrons. The normalized spacial score (nSPS) is 10.5. The average molecular weight is 350 g/mol. The van der Waals surface area contributed by atoms with Crippen LogP contribution in [0.2, 0.25) is 10.0 Å². The van der Waals surface area contributed by atoms with Gasteiger partial charge in [-0.3, -0.25) is 4.79 Å². The zero-order chi connectivity index (χ0) is 16.7. The van der Waals surface area contributed by atoms with Crippen molar-refractivity contribution in [1.29, 1.82) is 0 Å². The lowest BCUT2D eigenvalue weighted by Crippen LogP contribution is -2.20. The maximum absolute atomic E-state index is 11.7. The van der Waals surface area contributed by atoms with E-state index in [-0.39, 0.29) is 0 Å². The Kier molecular flexibility index (Phi) is 6.20. The fourth-order valence-corrected chi connectivity index (χ4v) is 2.08. The monoisotopic (exact) mass is 349 g/mol. The number of carbonyl (C=O) groups is 2. The topological polar surface area (TPSA) is 55.4 Å². The zero-order valence-corrected chi connectivity index (χ0v) is 13.5. The van der Waals surface area contributed by atoms with Crippen LogP contribution in [0.5, 0.6) is 0 Å². The molecule has 0 fully saturated rings. The van der Waals surface area contributed by atoms with Gasteiger partial charge in [-0.2, -0.15) is 0 Å². The summed E-state index contributed by atoms with van der Waals surface area (Å²) in [5, 5.41) is 3.48. The molecule has 4 nitrogen and oxygen atoms in total. The largest absolute Gasteiger partial charge is 0.452 e. The number of amides is 1. The fraction of sp³-hybridized carbons (Fsp3) is 0.0588. The highest BCUT2D eigenvalue weighted by Gasteiger charge is 2.07. The standard InChI is InChI=1S/C17H13Cl2NO3/c18-13-6-2-1-5-12(13)9-10-17(22)23-11-16(21)20-15-8-4-3-7-14(15)19/h1-10H,11H2,(H,20,21)/b10-9+. The van der Waals surface area contributed by atoms with Gasteiger partial charge in [-0.05, 0) is 29.8 Å². The molecule has 0 aliphatic rings. The highest BCUT2D eigenvalue weighted by molar-refractivity contribution is 6.33. The number of halogens is 2. The van der Waals surface area contributed by atoms with E-state index in [2.05, 4.69) is 5.32 Å². The van der Waals surface area contributed by atoms with Crippen LogP contribution in [0, 0.1) is 0 Å². The van der Waals surface area contributed by atoms with Gasteiger partial charge in [0.25, 0.3) is 5.91 Å². The van der Waals surface area contributed by atoms with Gasteiger partial charge in [0.1, 0.15) is 0 Å². The van der Waals surface area contributed by atoms with Crippen molar-refractivity contribution in [3.8, 4) is 0 Å². The van der Waals surface area contributed by atoms with Gasteiger partial charge in [-0.1, -0.05) is 53.5 Å². The summed E-state index contributed by atoms with van der Waals surface area (Å²) in [6.07, 6.45) is 2.74. The number of benzene rings is 2. The average Bonchev–Trinajstić information content (AvgIpc) is 2.54. The van der Waals surface area contributed by atoms with Gasteiger partial charge >= 0.3 is 5.97 Å². The van der Waals surface area contributed by atoms with Gasteiger partial charge < -0.3 is 10.1 Å². The van der Waals surface area contributed by atoms with Crippen molar-refractivity contribution in [2.75, 3.05) is 11.9 Å². The van der Waals surface area contributed by atoms with Gasteiger partial charge in [0.15, 0.2) is 6.61 Å². The molecule has 0 aromatic heterocycles. The minimum atomic E-state index is -0.640. The molecule has 2 rings (SSSR count). The molecule has 1 amide bonds. The van der Waals surface area contributed by atoms with Crippen molar-refractivity contribution >= 4 is 46.8 Å². The molecular weight excluding hydrogens is 337 g/mol. The maximum Gasteiger partial charge on any atom is 0.331 e. The second-order valence-corrected chi connectivity index (χ2v) is 5.30. The molecule has 0 heterocycles. The highest BCUT2D eigenvalue weighted by Crippen LogP contribution is 2.20. The first-order chi connectivity index (χ1) is 11.1. The third kappa shape index (κ3) is 5.43. The van der Waals surface area contributed by atoms with E-state index in [9.17, 15) is 9.59 Å². The molecule has 0 aliphatic carbocycles. The third-order valence-corrected chi connectivity index (χ3v) is 3.47. The Morgan fingerprint density at radius 2 is 1.65 bits per heavy atom. The van der Waals surface area contributed by atoms with E-state index >= 15 is 0 Å². The number of para-hydroxylation sites is 1. The van der Waals surface area contributed by atoms with Crippen molar-refractivity contribution in [2.24, 2.45) is 0 Å². The van der Waals surface area contributed by atoms with Crippen molar-refractivity contribution < 1.29 is 14.3 Å². The van der Waals surface area contributed by atoms with E-state index in [1.165, 1.54) is 12.2 Å². The number of hydrogen-bond donors (Lipinski definition) is 1. The number of carbonyl (C=O) groups excluding carboxylic acids is 2. The second kappa shape index (κ2) is 8.36. The first-order valence-electron chi connectivity index (χ1n) is 6.70. The van der Waals surface area contributed by atoms with Crippen LogP contribution in [0.25, 0.3) is 6.08 Å². The Balaban J connectivity index is 1.83. The molecule has 0 aliphatic heterocycles. The summed E-state index contributed by atoms with van der Waals surface area (Å²) in [6.45, 7) is -0.406. The first-order valence-corrected chi connectivity index (χ1v) is 7.45. The molecule has 2 aromatic carbocycles. The molecule has 1 N–H and O–H groups in total. The van der Waals surface area contributed by atoms with E-state index in [1.54, 1.807) is 48.5 Å². The fourth-order valence-electron chi connectivity index (χ4n) is 1.70. The Hall–Kier alpha value is -2.30. The van der Waals surface area contributed by atoms with Crippen LogP contribution in [0.3, 0.4) is 0 Å². The van der Waals surface area contributed by atoms with E-state index in [4.69, 9.17) is 27.9 Å². The van der Waals surface area contributed by atoms with Crippen LogP contribution in [0.4, 0.5) is 5.69 Å². The minimum Gasteiger partial charge on any atom is -0.452 e. The summed E-state index contributed by atoms with van der Waals surface area (Å²) in [5.41, 5.74) is 1.15. The molecule has 0 bridgehead atoms. The molecule has 118 valence electrons. The lowest BCUT2D eigenvalue weighted by atomic mass is 10.2. The van der Waals surface area contributed by atoms with Crippen LogP contribution in [-0.2, 0) is 14.3 Å². The first kappa shape index (κ1) is 17.1. The predicted molar refractivity (Wildman–Crippen MR) is 91.5 cm³/mol. The van der Waals surface area contributed by atoms with Crippen molar-refractivity contribution in [3.63, 3.8) is 0 Å². The van der Waals surface area contributed by atoms with Crippen molar-refractivity contribution in [3.05, 3.63) is 70.2 Å². The molecule has 6 heteroatoms. The van der Waals surface area contributed by atoms with Crippen molar-refractivity contribution in [2.45, 2.75) is 0 Å². The summed E-state index contributed by atoms with van der Waals surface area (Å²) in [6, 6.07) is 13.8. The zero-order valence-electron chi connectivity index (χ0n) is 12.0. The van der Waals surface area contributed by atoms with Crippen LogP contribution in [-0.4, -0.2) is 18.5 Å². The van der Waals surface area contributed by atoms with Gasteiger partial charge in [0.05, 0.1) is 10.7 Å². The second-order valence-electron chi connectivity index (χ2n) is 4.49. The van der Waals surface area contributed by atoms with Gasteiger partial charge in [0.2, 0.25) is 0 Å².